The van der Waals surface area contributed by atoms with Crippen LogP contribution in [0.1, 0.15) is 44.9 Å². The molecule has 1 aliphatic heterocycles. The number of rotatable bonds is 3. The third kappa shape index (κ3) is 3.45. The van der Waals surface area contributed by atoms with Crippen LogP contribution in [0.3, 0.4) is 0 Å². The van der Waals surface area contributed by atoms with Crippen molar-refractivity contribution in [2.24, 2.45) is 5.92 Å². The quantitative estimate of drug-likeness (QED) is 0.778. The van der Waals surface area contributed by atoms with Crippen molar-refractivity contribution in [1.82, 2.24) is 4.90 Å². The first-order valence-corrected chi connectivity index (χ1v) is 7.19. The van der Waals surface area contributed by atoms with Crippen molar-refractivity contribution in [2.75, 3.05) is 20.2 Å². The lowest BCUT2D eigenvalue weighted by atomic mass is 9.87. The lowest BCUT2D eigenvalue weighted by Gasteiger charge is -2.41. The molecule has 0 unspecified atom stereocenters. The van der Waals surface area contributed by atoms with Crippen molar-refractivity contribution in [3.8, 4) is 0 Å². The Kier molecular flexibility index (Phi) is 5.01. The van der Waals surface area contributed by atoms with Crippen LogP contribution in [0.15, 0.2) is 0 Å². The van der Waals surface area contributed by atoms with E-state index in [1.807, 2.05) is 0 Å². The van der Waals surface area contributed by atoms with Gasteiger partial charge in [-0.05, 0) is 44.7 Å². The number of aliphatic hydroxyl groups is 1. The highest BCUT2D eigenvalue weighted by atomic mass is 16.5. The Morgan fingerprint density at radius 2 is 1.89 bits per heavy atom. The van der Waals surface area contributed by atoms with Crippen LogP contribution in [0.25, 0.3) is 0 Å². The second kappa shape index (κ2) is 6.53. The Labute approximate surface area is 109 Å². The molecule has 4 nitrogen and oxygen atoms in total. The average Bonchev–Trinajstić information content (AvgIpc) is 2.40. The zero-order valence-electron chi connectivity index (χ0n) is 11.3. The van der Waals surface area contributed by atoms with Gasteiger partial charge in [-0.1, -0.05) is 12.8 Å². The lowest BCUT2D eigenvalue weighted by Crippen LogP contribution is -2.48. The van der Waals surface area contributed by atoms with E-state index in [4.69, 9.17) is 4.74 Å². The maximum Gasteiger partial charge on any atom is 0.305 e. The zero-order valence-corrected chi connectivity index (χ0v) is 11.3. The Morgan fingerprint density at radius 3 is 2.50 bits per heavy atom. The number of piperidine rings is 1. The molecule has 0 bridgehead atoms. The van der Waals surface area contributed by atoms with Gasteiger partial charge >= 0.3 is 5.97 Å². The molecule has 104 valence electrons. The first kappa shape index (κ1) is 13.8. The van der Waals surface area contributed by atoms with Gasteiger partial charge in [-0.15, -0.1) is 0 Å². The number of aliphatic hydroxyl groups excluding tert-OH is 1. The molecule has 2 atom stereocenters. The highest BCUT2D eigenvalue weighted by Gasteiger charge is 2.31. The van der Waals surface area contributed by atoms with Crippen molar-refractivity contribution in [3.63, 3.8) is 0 Å². The number of esters is 1. The fourth-order valence-corrected chi connectivity index (χ4v) is 3.33. The standard InChI is InChI=1S/C14H25NO3/c1-18-14(17)10-11-6-8-15(9-7-11)12-4-2-3-5-13(12)16/h11-13,16H,2-10H2,1H3/t12-,13+/m0/s1. The van der Waals surface area contributed by atoms with Crippen LogP contribution >= 0.6 is 0 Å². The molecule has 1 N–H and O–H groups in total. The lowest BCUT2D eigenvalue weighted by molar-refractivity contribution is -0.142. The molecule has 1 aliphatic carbocycles. The number of carbonyl (C=O) groups excluding carboxylic acids is 1. The minimum Gasteiger partial charge on any atom is -0.469 e. The molecule has 1 heterocycles. The molecule has 2 rings (SSSR count). The van der Waals surface area contributed by atoms with E-state index in [2.05, 4.69) is 4.90 Å². The number of hydrogen-bond acceptors (Lipinski definition) is 4. The van der Waals surface area contributed by atoms with E-state index in [1.54, 1.807) is 0 Å². The van der Waals surface area contributed by atoms with Gasteiger partial charge in [0.25, 0.3) is 0 Å². The third-order valence-electron chi connectivity index (χ3n) is 4.50. The Morgan fingerprint density at radius 1 is 1.22 bits per heavy atom. The van der Waals surface area contributed by atoms with E-state index in [9.17, 15) is 9.90 Å². The molecule has 0 radical (unpaired) electrons. The van der Waals surface area contributed by atoms with Gasteiger partial charge in [0, 0.05) is 12.5 Å². The summed E-state index contributed by atoms with van der Waals surface area (Å²) in [7, 11) is 1.45. The maximum absolute atomic E-state index is 11.2. The fraction of sp³-hybridized carbons (Fsp3) is 0.929. The molecule has 0 aromatic rings. The molecule has 2 aliphatic rings. The largest absolute Gasteiger partial charge is 0.469 e. The molecule has 2 fully saturated rings. The van der Waals surface area contributed by atoms with E-state index in [0.29, 0.717) is 18.4 Å². The van der Waals surface area contributed by atoms with Crippen molar-refractivity contribution in [1.29, 1.82) is 0 Å². The van der Waals surface area contributed by atoms with E-state index < -0.39 is 0 Å². The number of nitrogens with zero attached hydrogens (tertiary/aromatic N) is 1. The monoisotopic (exact) mass is 255 g/mol. The van der Waals surface area contributed by atoms with E-state index in [-0.39, 0.29) is 12.1 Å². The highest BCUT2D eigenvalue weighted by molar-refractivity contribution is 5.69. The highest BCUT2D eigenvalue weighted by Crippen LogP contribution is 2.28. The second-order valence-electron chi connectivity index (χ2n) is 5.68. The van der Waals surface area contributed by atoms with Crippen molar-refractivity contribution < 1.29 is 14.6 Å². The molecular formula is C14H25NO3. The minimum absolute atomic E-state index is 0.0915. The third-order valence-corrected chi connectivity index (χ3v) is 4.50. The summed E-state index contributed by atoms with van der Waals surface area (Å²) in [6, 6.07) is 0.359. The Balaban J connectivity index is 1.77. The van der Waals surface area contributed by atoms with Gasteiger partial charge in [0.1, 0.15) is 0 Å². The minimum atomic E-state index is -0.143. The fourth-order valence-electron chi connectivity index (χ4n) is 3.33. The maximum atomic E-state index is 11.2. The van der Waals surface area contributed by atoms with Crippen LogP contribution in [-0.4, -0.2) is 48.3 Å². The van der Waals surface area contributed by atoms with Crippen LogP contribution < -0.4 is 0 Å². The normalized spacial score (nSPS) is 31.2. The van der Waals surface area contributed by atoms with E-state index in [1.165, 1.54) is 13.5 Å². The van der Waals surface area contributed by atoms with Crippen LogP contribution in [0, 0.1) is 5.92 Å². The van der Waals surface area contributed by atoms with Gasteiger partial charge in [-0.2, -0.15) is 0 Å². The van der Waals surface area contributed by atoms with Crippen LogP contribution in [0.5, 0.6) is 0 Å². The van der Waals surface area contributed by atoms with Crippen molar-refractivity contribution in [3.05, 3.63) is 0 Å². The summed E-state index contributed by atoms with van der Waals surface area (Å²) in [6.07, 6.45) is 7.00. The van der Waals surface area contributed by atoms with Crippen molar-refractivity contribution in [2.45, 2.75) is 57.1 Å². The van der Waals surface area contributed by atoms with E-state index in [0.717, 1.165) is 45.2 Å². The van der Waals surface area contributed by atoms with Crippen LogP contribution in [0.2, 0.25) is 0 Å². The average molecular weight is 255 g/mol. The number of carbonyl (C=O) groups is 1. The summed E-state index contributed by atoms with van der Waals surface area (Å²) in [5.41, 5.74) is 0. The molecule has 0 amide bonds. The molecule has 1 saturated heterocycles. The van der Waals surface area contributed by atoms with Gasteiger partial charge in [-0.3, -0.25) is 9.69 Å². The first-order valence-electron chi connectivity index (χ1n) is 7.19. The number of hydrogen-bond donors (Lipinski definition) is 1. The summed E-state index contributed by atoms with van der Waals surface area (Å²) in [6.45, 7) is 2.03. The Hall–Kier alpha value is -0.610. The number of ether oxygens (including phenoxy) is 1. The smallest absolute Gasteiger partial charge is 0.305 e. The predicted octanol–water partition coefficient (Wildman–Crippen LogP) is 1.56. The topological polar surface area (TPSA) is 49.8 Å². The van der Waals surface area contributed by atoms with Crippen LogP contribution in [-0.2, 0) is 9.53 Å². The molecule has 0 spiro atoms. The molecule has 18 heavy (non-hydrogen) atoms. The second-order valence-corrected chi connectivity index (χ2v) is 5.68. The SMILES string of the molecule is COC(=O)CC1CCN([C@H]2CCCC[C@H]2O)CC1. The van der Waals surface area contributed by atoms with Gasteiger partial charge in [0.05, 0.1) is 13.2 Å². The van der Waals surface area contributed by atoms with Gasteiger partial charge < -0.3 is 9.84 Å². The zero-order chi connectivity index (χ0) is 13.0. The van der Waals surface area contributed by atoms with Gasteiger partial charge in [0.15, 0.2) is 0 Å². The van der Waals surface area contributed by atoms with Gasteiger partial charge in [0.2, 0.25) is 0 Å². The van der Waals surface area contributed by atoms with Crippen LogP contribution in [0.4, 0.5) is 0 Å². The summed E-state index contributed by atoms with van der Waals surface area (Å²) in [4.78, 5) is 13.7. The molecule has 1 saturated carbocycles. The number of methoxy groups -OCH3 is 1. The predicted molar refractivity (Wildman–Crippen MR) is 69.2 cm³/mol. The molecule has 0 aromatic heterocycles. The first-order chi connectivity index (χ1) is 8.70. The summed E-state index contributed by atoms with van der Waals surface area (Å²) in [5.74, 6) is 0.376. The van der Waals surface area contributed by atoms with Gasteiger partial charge in [-0.25, -0.2) is 0 Å². The van der Waals surface area contributed by atoms with E-state index >= 15 is 0 Å². The van der Waals surface area contributed by atoms with Crippen molar-refractivity contribution >= 4 is 5.97 Å². The molecule has 0 aromatic carbocycles. The molecular weight excluding hydrogens is 230 g/mol. The summed E-state index contributed by atoms with van der Waals surface area (Å²) < 4.78 is 4.72. The summed E-state index contributed by atoms with van der Waals surface area (Å²) >= 11 is 0. The Bertz CT molecular complexity index is 274. The molecule has 4 heteroatoms. The number of likely N-dealkylation sites (tertiary alicyclic amines) is 1. The summed E-state index contributed by atoms with van der Waals surface area (Å²) in [5, 5.41) is 10.1.